The number of nitrogens with zero attached hydrogens (tertiary/aromatic N) is 3. The van der Waals surface area contributed by atoms with Crippen molar-refractivity contribution in [2.24, 2.45) is 0 Å². The van der Waals surface area contributed by atoms with Crippen molar-refractivity contribution < 1.29 is 4.39 Å². The smallest absolute Gasteiger partial charge is 0.168 e. The van der Waals surface area contributed by atoms with Crippen molar-refractivity contribution in [3.8, 4) is 17.1 Å². The van der Waals surface area contributed by atoms with E-state index < -0.39 is 0 Å². The minimum atomic E-state index is -0.262. The Balaban J connectivity index is 2.20. The Morgan fingerprint density at radius 1 is 1.10 bits per heavy atom. The lowest BCUT2D eigenvalue weighted by Crippen LogP contribution is -2.01. The van der Waals surface area contributed by atoms with Crippen LogP contribution >= 0.6 is 11.6 Å². The summed E-state index contributed by atoms with van der Waals surface area (Å²) in [5, 5.41) is 8.26. The number of aryl methyl sites for hydroxylation is 1. The summed E-state index contributed by atoms with van der Waals surface area (Å²) < 4.78 is 15.6. The summed E-state index contributed by atoms with van der Waals surface area (Å²) in [6.07, 6.45) is 0. The number of hydrogen-bond acceptors (Lipinski definition) is 2. The molecule has 5 heteroatoms. The number of para-hydroxylation sites is 1. The molecule has 1 aromatic heterocycles. The van der Waals surface area contributed by atoms with Crippen LogP contribution in [0.5, 0.6) is 0 Å². The molecule has 0 aliphatic carbocycles. The second-order valence-electron chi connectivity index (χ2n) is 4.71. The first kappa shape index (κ1) is 13.8. The fourth-order valence-corrected chi connectivity index (χ4v) is 2.34. The summed E-state index contributed by atoms with van der Waals surface area (Å²) in [7, 11) is 0. The summed E-state index contributed by atoms with van der Waals surface area (Å²) in [6.45, 7) is 1.73. The number of hydrogen-bond donors (Lipinski definition) is 0. The van der Waals surface area contributed by atoms with Crippen LogP contribution in [0.2, 0.25) is 0 Å². The molecule has 0 fully saturated rings. The van der Waals surface area contributed by atoms with E-state index in [1.54, 1.807) is 13.0 Å². The molecule has 0 aliphatic heterocycles. The van der Waals surface area contributed by atoms with E-state index in [4.69, 9.17) is 11.6 Å². The Bertz CT molecular complexity index is 768. The molecule has 0 bridgehead atoms. The Morgan fingerprint density at radius 2 is 1.86 bits per heavy atom. The van der Waals surface area contributed by atoms with E-state index in [0.29, 0.717) is 22.8 Å². The van der Waals surface area contributed by atoms with E-state index in [-0.39, 0.29) is 11.7 Å². The maximum atomic E-state index is 13.8. The molecule has 0 atom stereocenters. The average molecular weight is 302 g/mol. The van der Waals surface area contributed by atoms with Crippen LogP contribution in [0.4, 0.5) is 4.39 Å². The van der Waals surface area contributed by atoms with Gasteiger partial charge < -0.3 is 0 Å². The monoisotopic (exact) mass is 301 g/mol. The van der Waals surface area contributed by atoms with Crippen molar-refractivity contribution >= 4 is 11.6 Å². The number of aromatic nitrogens is 3. The molecule has 0 saturated carbocycles. The highest BCUT2D eigenvalue weighted by Crippen LogP contribution is 2.25. The minimum Gasteiger partial charge on any atom is -0.278 e. The second-order valence-corrected chi connectivity index (χ2v) is 4.98. The van der Waals surface area contributed by atoms with E-state index in [2.05, 4.69) is 10.2 Å². The molecule has 0 aliphatic rings. The number of benzene rings is 2. The van der Waals surface area contributed by atoms with Gasteiger partial charge in [-0.15, -0.1) is 21.8 Å². The van der Waals surface area contributed by atoms with Gasteiger partial charge in [-0.3, -0.25) is 4.57 Å². The maximum absolute atomic E-state index is 13.8. The fourth-order valence-electron chi connectivity index (χ4n) is 2.17. The molecule has 106 valence electrons. The minimum absolute atomic E-state index is 0.232. The van der Waals surface area contributed by atoms with Gasteiger partial charge in [-0.2, -0.15) is 0 Å². The lowest BCUT2D eigenvalue weighted by Gasteiger charge is -2.09. The second kappa shape index (κ2) is 5.66. The molecule has 0 unspecified atom stereocenters. The lowest BCUT2D eigenvalue weighted by atomic mass is 10.1. The SMILES string of the molecule is Cc1ccc(-c2nnc(CCl)n2-c2ccccc2)cc1F. The van der Waals surface area contributed by atoms with E-state index in [0.717, 1.165) is 5.69 Å². The Morgan fingerprint density at radius 3 is 2.52 bits per heavy atom. The van der Waals surface area contributed by atoms with Crippen LogP contribution in [0.3, 0.4) is 0 Å². The highest BCUT2D eigenvalue weighted by atomic mass is 35.5. The maximum Gasteiger partial charge on any atom is 0.168 e. The van der Waals surface area contributed by atoms with Gasteiger partial charge >= 0.3 is 0 Å². The molecular weight excluding hydrogens is 289 g/mol. The molecule has 0 N–H and O–H groups in total. The largest absolute Gasteiger partial charge is 0.278 e. The van der Waals surface area contributed by atoms with E-state index in [1.165, 1.54) is 6.07 Å². The third-order valence-electron chi connectivity index (χ3n) is 3.29. The predicted octanol–water partition coefficient (Wildman–Crippen LogP) is 4.12. The van der Waals surface area contributed by atoms with Crippen molar-refractivity contribution in [3.05, 3.63) is 65.7 Å². The average Bonchev–Trinajstić information content (AvgIpc) is 2.95. The van der Waals surface area contributed by atoms with Gasteiger partial charge in [-0.05, 0) is 30.7 Å². The zero-order chi connectivity index (χ0) is 14.8. The van der Waals surface area contributed by atoms with Crippen LogP contribution in [-0.4, -0.2) is 14.8 Å². The van der Waals surface area contributed by atoms with Gasteiger partial charge in [0, 0.05) is 11.3 Å². The summed E-state index contributed by atoms with van der Waals surface area (Å²) in [5.74, 6) is 1.17. The van der Waals surface area contributed by atoms with Gasteiger partial charge in [0.25, 0.3) is 0 Å². The summed E-state index contributed by atoms with van der Waals surface area (Å²) in [4.78, 5) is 0. The van der Waals surface area contributed by atoms with E-state index in [9.17, 15) is 4.39 Å². The van der Waals surface area contributed by atoms with Crippen LogP contribution in [0.1, 0.15) is 11.4 Å². The number of halogens is 2. The fraction of sp³-hybridized carbons (Fsp3) is 0.125. The molecular formula is C16H13ClFN3. The first-order chi connectivity index (χ1) is 10.2. The molecule has 0 saturated heterocycles. The first-order valence-corrected chi connectivity index (χ1v) is 7.06. The van der Waals surface area contributed by atoms with Crippen LogP contribution in [0, 0.1) is 12.7 Å². The molecule has 21 heavy (non-hydrogen) atoms. The van der Waals surface area contributed by atoms with Crippen molar-refractivity contribution in [2.75, 3.05) is 0 Å². The molecule has 1 heterocycles. The zero-order valence-electron chi connectivity index (χ0n) is 11.4. The highest BCUT2D eigenvalue weighted by Gasteiger charge is 2.15. The normalized spacial score (nSPS) is 10.8. The summed E-state index contributed by atoms with van der Waals surface area (Å²) in [5.41, 5.74) is 2.17. The van der Waals surface area contributed by atoms with Crippen LogP contribution in [-0.2, 0) is 5.88 Å². The summed E-state index contributed by atoms with van der Waals surface area (Å²) in [6, 6.07) is 14.7. The van der Waals surface area contributed by atoms with Crippen LogP contribution in [0.25, 0.3) is 17.1 Å². The highest BCUT2D eigenvalue weighted by molar-refractivity contribution is 6.16. The van der Waals surface area contributed by atoms with Crippen molar-refractivity contribution in [3.63, 3.8) is 0 Å². The molecule has 3 rings (SSSR count). The topological polar surface area (TPSA) is 30.7 Å². The number of rotatable bonds is 3. The first-order valence-electron chi connectivity index (χ1n) is 6.53. The van der Waals surface area contributed by atoms with E-state index in [1.807, 2.05) is 41.0 Å². The summed E-state index contributed by atoms with van der Waals surface area (Å²) >= 11 is 5.94. The molecule has 3 nitrogen and oxygen atoms in total. The van der Waals surface area contributed by atoms with Crippen molar-refractivity contribution in [1.82, 2.24) is 14.8 Å². The van der Waals surface area contributed by atoms with Crippen molar-refractivity contribution in [1.29, 1.82) is 0 Å². The Kier molecular flexibility index (Phi) is 3.71. The molecule has 0 radical (unpaired) electrons. The zero-order valence-corrected chi connectivity index (χ0v) is 12.2. The Hall–Kier alpha value is -2.20. The van der Waals surface area contributed by atoms with Gasteiger partial charge in [-0.25, -0.2) is 4.39 Å². The van der Waals surface area contributed by atoms with Gasteiger partial charge in [-0.1, -0.05) is 30.3 Å². The van der Waals surface area contributed by atoms with Crippen LogP contribution in [0.15, 0.2) is 48.5 Å². The van der Waals surface area contributed by atoms with Gasteiger partial charge in [0.2, 0.25) is 0 Å². The van der Waals surface area contributed by atoms with Crippen LogP contribution < -0.4 is 0 Å². The third-order valence-corrected chi connectivity index (χ3v) is 3.53. The van der Waals surface area contributed by atoms with Gasteiger partial charge in [0.05, 0.1) is 5.88 Å². The molecule has 3 aromatic rings. The predicted molar refractivity (Wildman–Crippen MR) is 81.0 cm³/mol. The Labute approximate surface area is 127 Å². The molecule has 0 amide bonds. The van der Waals surface area contributed by atoms with E-state index >= 15 is 0 Å². The lowest BCUT2D eigenvalue weighted by molar-refractivity contribution is 0.619. The number of alkyl halides is 1. The van der Waals surface area contributed by atoms with Crippen molar-refractivity contribution in [2.45, 2.75) is 12.8 Å². The molecule has 2 aromatic carbocycles. The van der Waals surface area contributed by atoms with Gasteiger partial charge in [0.1, 0.15) is 5.82 Å². The standard InChI is InChI=1S/C16H13ClFN3/c1-11-7-8-12(9-14(11)18)16-20-19-15(10-17)21(16)13-5-3-2-4-6-13/h2-9H,10H2,1H3. The quantitative estimate of drug-likeness (QED) is 0.681. The van der Waals surface area contributed by atoms with Gasteiger partial charge in [0.15, 0.2) is 11.6 Å². The molecule has 0 spiro atoms. The third kappa shape index (κ3) is 2.54.